The second kappa shape index (κ2) is 10.6. The molecule has 0 fully saturated rings. The Hall–Kier alpha value is -2.86. The standard InChI is InChI=1S/C23H30N4O2/c1-17(15-29-16-18-8-4-3-5-9-18)13-25-23(24-2)26-14-19-12-22(28)27-21-11-7-6-10-20(19)21/h3-11,17,19H,12-16H2,1-2H3,(H,27,28)(H2,24,25,26). The first-order valence-corrected chi connectivity index (χ1v) is 10.1. The highest BCUT2D eigenvalue weighted by molar-refractivity contribution is 5.94. The number of nitrogens with one attached hydrogen (secondary N) is 3. The van der Waals surface area contributed by atoms with Crippen molar-refractivity contribution in [3.05, 3.63) is 65.7 Å². The van der Waals surface area contributed by atoms with Crippen molar-refractivity contribution in [3.8, 4) is 0 Å². The molecule has 1 amide bonds. The molecule has 2 atom stereocenters. The Labute approximate surface area is 172 Å². The van der Waals surface area contributed by atoms with Crippen molar-refractivity contribution in [3.63, 3.8) is 0 Å². The van der Waals surface area contributed by atoms with E-state index in [4.69, 9.17) is 4.74 Å². The number of anilines is 1. The number of fused-ring (bicyclic) bond motifs is 1. The van der Waals surface area contributed by atoms with Crippen LogP contribution in [0.15, 0.2) is 59.6 Å². The minimum absolute atomic E-state index is 0.0580. The number of para-hydroxylation sites is 1. The van der Waals surface area contributed by atoms with Crippen molar-refractivity contribution in [2.75, 3.05) is 32.1 Å². The van der Waals surface area contributed by atoms with Crippen molar-refractivity contribution in [2.24, 2.45) is 10.9 Å². The van der Waals surface area contributed by atoms with Gasteiger partial charge in [0.25, 0.3) is 0 Å². The number of amides is 1. The fourth-order valence-electron chi connectivity index (χ4n) is 3.41. The van der Waals surface area contributed by atoms with E-state index in [1.807, 2.05) is 36.4 Å². The maximum Gasteiger partial charge on any atom is 0.225 e. The molecule has 1 heterocycles. The Morgan fingerprint density at radius 1 is 1.17 bits per heavy atom. The molecular weight excluding hydrogens is 364 g/mol. The quantitative estimate of drug-likeness (QED) is 0.475. The van der Waals surface area contributed by atoms with Crippen molar-refractivity contribution in [1.29, 1.82) is 0 Å². The first-order chi connectivity index (χ1) is 14.2. The van der Waals surface area contributed by atoms with Gasteiger partial charge in [0.05, 0.1) is 13.2 Å². The zero-order chi connectivity index (χ0) is 20.5. The van der Waals surface area contributed by atoms with Gasteiger partial charge in [-0.1, -0.05) is 55.5 Å². The normalized spacial score (nSPS) is 17.2. The highest BCUT2D eigenvalue weighted by Crippen LogP contribution is 2.31. The fourth-order valence-corrected chi connectivity index (χ4v) is 3.41. The van der Waals surface area contributed by atoms with E-state index in [1.54, 1.807) is 7.05 Å². The molecule has 0 aromatic heterocycles. The van der Waals surface area contributed by atoms with Gasteiger partial charge in [-0.15, -0.1) is 0 Å². The van der Waals surface area contributed by atoms with Crippen LogP contribution in [0.1, 0.15) is 30.4 Å². The highest BCUT2D eigenvalue weighted by atomic mass is 16.5. The minimum Gasteiger partial charge on any atom is -0.376 e. The number of carbonyl (C=O) groups is 1. The van der Waals surface area contributed by atoms with E-state index in [-0.39, 0.29) is 11.8 Å². The van der Waals surface area contributed by atoms with Crippen LogP contribution in [0.4, 0.5) is 5.69 Å². The molecule has 29 heavy (non-hydrogen) atoms. The summed E-state index contributed by atoms with van der Waals surface area (Å²) in [5.74, 6) is 1.27. The third-order valence-electron chi connectivity index (χ3n) is 4.98. The summed E-state index contributed by atoms with van der Waals surface area (Å²) >= 11 is 0. The van der Waals surface area contributed by atoms with Crippen LogP contribution in [0, 0.1) is 5.92 Å². The average molecular weight is 395 g/mol. The highest BCUT2D eigenvalue weighted by Gasteiger charge is 2.24. The summed E-state index contributed by atoms with van der Waals surface area (Å²) in [6.07, 6.45) is 0.477. The number of benzene rings is 2. The smallest absolute Gasteiger partial charge is 0.225 e. The summed E-state index contributed by atoms with van der Waals surface area (Å²) in [6.45, 7) is 4.86. The Morgan fingerprint density at radius 3 is 2.72 bits per heavy atom. The van der Waals surface area contributed by atoms with Crippen LogP contribution in [-0.2, 0) is 16.1 Å². The summed E-state index contributed by atoms with van der Waals surface area (Å²) in [7, 11) is 1.76. The van der Waals surface area contributed by atoms with Gasteiger partial charge < -0.3 is 20.7 Å². The monoisotopic (exact) mass is 394 g/mol. The molecule has 2 unspecified atom stereocenters. The van der Waals surface area contributed by atoms with Gasteiger partial charge in [-0.25, -0.2) is 0 Å². The van der Waals surface area contributed by atoms with Gasteiger partial charge in [0.1, 0.15) is 0 Å². The number of aliphatic imine (C=N–C) groups is 1. The largest absolute Gasteiger partial charge is 0.376 e. The Bertz CT molecular complexity index is 823. The topological polar surface area (TPSA) is 74.8 Å². The lowest BCUT2D eigenvalue weighted by molar-refractivity contribution is -0.116. The molecule has 0 spiro atoms. The Kier molecular flexibility index (Phi) is 7.64. The molecule has 0 bridgehead atoms. The predicted molar refractivity (Wildman–Crippen MR) is 117 cm³/mol. The second-order valence-corrected chi connectivity index (χ2v) is 7.48. The summed E-state index contributed by atoms with van der Waals surface area (Å²) in [6, 6.07) is 18.2. The third kappa shape index (κ3) is 6.32. The van der Waals surface area contributed by atoms with Gasteiger partial charge in [0.2, 0.25) is 5.91 Å². The van der Waals surface area contributed by atoms with E-state index < -0.39 is 0 Å². The van der Waals surface area contributed by atoms with Crippen LogP contribution < -0.4 is 16.0 Å². The van der Waals surface area contributed by atoms with Gasteiger partial charge >= 0.3 is 0 Å². The molecular formula is C23H30N4O2. The van der Waals surface area contributed by atoms with Crippen LogP contribution >= 0.6 is 0 Å². The summed E-state index contributed by atoms with van der Waals surface area (Å²) in [4.78, 5) is 16.3. The first-order valence-electron chi connectivity index (χ1n) is 10.1. The van der Waals surface area contributed by atoms with Crippen molar-refractivity contribution < 1.29 is 9.53 Å². The fraction of sp³-hybridized carbons (Fsp3) is 0.391. The van der Waals surface area contributed by atoms with E-state index in [9.17, 15) is 4.79 Å². The summed E-state index contributed by atoms with van der Waals surface area (Å²) < 4.78 is 5.81. The van der Waals surface area contributed by atoms with Crippen LogP contribution in [0.3, 0.4) is 0 Å². The minimum atomic E-state index is 0.0580. The van der Waals surface area contributed by atoms with Gasteiger partial charge in [0.15, 0.2) is 5.96 Å². The van der Waals surface area contributed by atoms with Crippen molar-refractivity contribution in [2.45, 2.75) is 25.9 Å². The molecule has 154 valence electrons. The van der Waals surface area contributed by atoms with Crippen molar-refractivity contribution >= 4 is 17.6 Å². The molecule has 0 aliphatic carbocycles. The maximum atomic E-state index is 12.0. The molecule has 0 saturated carbocycles. The average Bonchev–Trinajstić information content (AvgIpc) is 2.74. The van der Waals surface area contributed by atoms with Crippen molar-refractivity contribution in [1.82, 2.24) is 10.6 Å². The van der Waals surface area contributed by atoms with E-state index >= 15 is 0 Å². The second-order valence-electron chi connectivity index (χ2n) is 7.48. The molecule has 2 aromatic carbocycles. The molecule has 0 saturated heterocycles. The zero-order valence-corrected chi connectivity index (χ0v) is 17.2. The number of nitrogens with zero attached hydrogens (tertiary/aromatic N) is 1. The van der Waals surface area contributed by atoms with E-state index in [2.05, 4.69) is 46.1 Å². The van der Waals surface area contributed by atoms with E-state index in [1.165, 1.54) is 5.56 Å². The molecule has 2 aromatic rings. The Morgan fingerprint density at radius 2 is 1.93 bits per heavy atom. The number of carbonyl (C=O) groups excluding carboxylic acids is 1. The molecule has 3 N–H and O–H groups in total. The van der Waals surface area contributed by atoms with Gasteiger partial charge in [-0.05, 0) is 23.1 Å². The number of hydrogen-bond donors (Lipinski definition) is 3. The number of rotatable bonds is 8. The predicted octanol–water partition coefficient (Wildman–Crippen LogP) is 3.13. The van der Waals surface area contributed by atoms with E-state index in [0.717, 1.165) is 23.8 Å². The van der Waals surface area contributed by atoms with Gasteiger partial charge in [-0.2, -0.15) is 0 Å². The Balaban J connectivity index is 1.41. The van der Waals surface area contributed by atoms with Gasteiger partial charge in [-0.3, -0.25) is 9.79 Å². The first kappa shape index (κ1) is 20.9. The molecule has 6 heteroatoms. The summed E-state index contributed by atoms with van der Waals surface area (Å²) in [5, 5.41) is 9.64. The van der Waals surface area contributed by atoms with Crippen LogP contribution in [0.5, 0.6) is 0 Å². The zero-order valence-electron chi connectivity index (χ0n) is 17.2. The SMILES string of the molecule is CN=C(NCC(C)COCc1ccccc1)NCC1CC(=O)Nc2ccccc21. The molecule has 1 aliphatic rings. The lowest BCUT2D eigenvalue weighted by Gasteiger charge is -2.26. The van der Waals surface area contributed by atoms with Crippen LogP contribution in [-0.4, -0.2) is 38.6 Å². The number of hydrogen-bond acceptors (Lipinski definition) is 3. The third-order valence-corrected chi connectivity index (χ3v) is 4.98. The lowest BCUT2D eigenvalue weighted by Crippen LogP contribution is -2.42. The van der Waals surface area contributed by atoms with Crippen LogP contribution in [0.25, 0.3) is 0 Å². The van der Waals surface area contributed by atoms with E-state index in [0.29, 0.717) is 32.1 Å². The number of guanidine groups is 1. The lowest BCUT2D eigenvalue weighted by atomic mass is 9.90. The maximum absolute atomic E-state index is 12.0. The summed E-state index contributed by atoms with van der Waals surface area (Å²) in [5.41, 5.74) is 3.25. The molecule has 0 radical (unpaired) electrons. The molecule has 3 rings (SSSR count). The molecule has 6 nitrogen and oxygen atoms in total. The number of ether oxygens (including phenoxy) is 1. The van der Waals surface area contributed by atoms with Crippen LogP contribution in [0.2, 0.25) is 0 Å². The van der Waals surface area contributed by atoms with Gasteiger partial charge in [0, 0.05) is 38.2 Å². The molecule has 1 aliphatic heterocycles.